The number of hydrogen-bond donors (Lipinski definition) is 3. The number of anilines is 1. The van der Waals surface area contributed by atoms with Gasteiger partial charge in [0, 0.05) is 38.9 Å². The molecule has 8 heteroatoms. The summed E-state index contributed by atoms with van der Waals surface area (Å²) in [6, 6.07) is 10.5. The number of primary amides is 1. The molecule has 31 heavy (non-hydrogen) atoms. The number of piperidine rings is 1. The molecule has 1 aromatic carbocycles. The number of nitrogens with zero attached hydrogens (tertiary/aromatic N) is 4. The minimum Gasteiger partial charge on any atom is -0.368 e. The van der Waals surface area contributed by atoms with Crippen molar-refractivity contribution in [1.29, 1.82) is 0 Å². The fourth-order valence-corrected chi connectivity index (χ4v) is 4.89. The van der Waals surface area contributed by atoms with Gasteiger partial charge in [-0.3, -0.25) is 9.69 Å². The van der Waals surface area contributed by atoms with Gasteiger partial charge in [-0.1, -0.05) is 30.3 Å². The molecular formula is C23H29N7O. The van der Waals surface area contributed by atoms with Crippen LogP contribution in [0.1, 0.15) is 36.1 Å². The van der Waals surface area contributed by atoms with Crippen LogP contribution in [-0.4, -0.2) is 58.0 Å². The van der Waals surface area contributed by atoms with Crippen molar-refractivity contribution in [3.63, 3.8) is 0 Å². The van der Waals surface area contributed by atoms with E-state index in [1.165, 1.54) is 5.56 Å². The maximum atomic E-state index is 11.8. The predicted octanol–water partition coefficient (Wildman–Crippen LogP) is 1.51. The molecule has 2 aromatic rings. The second-order valence-electron chi connectivity index (χ2n) is 8.65. The van der Waals surface area contributed by atoms with E-state index in [0.717, 1.165) is 67.8 Å². The molecule has 5 rings (SSSR count). The number of aromatic nitrogens is 2. The highest BCUT2D eigenvalue weighted by atomic mass is 16.1. The number of carbonyl (C=O) groups is 1. The first-order chi connectivity index (χ1) is 15.1. The third-order valence-corrected chi connectivity index (χ3v) is 6.52. The van der Waals surface area contributed by atoms with Crippen molar-refractivity contribution in [2.45, 2.75) is 44.3 Å². The average molecular weight is 420 g/mol. The molecule has 3 aliphatic rings. The topological polar surface area (TPSA) is 99.4 Å². The van der Waals surface area contributed by atoms with Gasteiger partial charge in [-0.2, -0.15) is 0 Å². The molecule has 1 aliphatic carbocycles. The molecule has 4 N–H and O–H groups in total. The summed E-state index contributed by atoms with van der Waals surface area (Å²) in [5, 5.41) is 5.42. The Labute approximate surface area is 182 Å². The molecule has 1 saturated heterocycles. The number of fused-ring (bicyclic) bond motifs is 2. The number of benzene rings is 1. The van der Waals surface area contributed by atoms with Gasteiger partial charge >= 0.3 is 0 Å². The van der Waals surface area contributed by atoms with Crippen LogP contribution >= 0.6 is 0 Å². The van der Waals surface area contributed by atoms with Crippen LogP contribution in [-0.2, 0) is 17.8 Å². The molecule has 2 aliphatic heterocycles. The summed E-state index contributed by atoms with van der Waals surface area (Å²) in [6.07, 6.45) is 5.66. The molecule has 8 nitrogen and oxygen atoms in total. The number of nitrogens with two attached hydrogens (primary N) is 1. The molecule has 3 heterocycles. The lowest BCUT2D eigenvalue weighted by Crippen LogP contribution is -2.43. The van der Waals surface area contributed by atoms with Crippen molar-refractivity contribution >= 4 is 17.6 Å². The van der Waals surface area contributed by atoms with Crippen LogP contribution in [0.3, 0.4) is 0 Å². The third kappa shape index (κ3) is 4.00. The molecule has 0 bridgehead atoms. The van der Waals surface area contributed by atoms with Crippen LogP contribution < -0.4 is 16.5 Å². The van der Waals surface area contributed by atoms with Crippen molar-refractivity contribution in [3.05, 3.63) is 58.9 Å². The first-order valence-electron chi connectivity index (χ1n) is 11.0. The molecular weight excluding hydrogens is 390 g/mol. The zero-order chi connectivity index (χ0) is 21.4. The third-order valence-electron chi connectivity index (χ3n) is 6.52. The second kappa shape index (κ2) is 8.28. The van der Waals surface area contributed by atoms with Gasteiger partial charge in [-0.25, -0.2) is 15.4 Å². The van der Waals surface area contributed by atoms with Crippen LogP contribution in [0.5, 0.6) is 0 Å². The van der Waals surface area contributed by atoms with E-state index >= 15 is 0 Å². The van der Waals surface area contributed by atoms with E-state index in [1.807, 2.05) is 18.3 Å². The molecule has 1 fully saturated rings. The largest absolute Gasteiger partial charge is 0.368 e. The first kappa shape index (κ1) is 20.0. The fourth-order valence-electron chi connectivity index (χ4n) is 4.89. The molecule has 1 amide bonds. The standard InChI is InChI=1S/C23H29N7O/c1-29-21-18(20(28-29)22(24)31)8-7-16-13-25-23(27-19(16)21)26-17-9-11-30(12-10-17)14-15-5-3-2-4-6-15/h2-6,13,17,20,28H,7-12,14H2,1H3,(H2,24,31)(H,25,26,27). The molecule has 1 atom stereocenters. The van der Waals surface area contributed by atoms with E-state index in [4.69, 9.17) is 10.7 Å². The Morgan fingerprint density at radius 3 is 2.74 bits per heavy atom. The fraction of sp³-hybridized carbons (Fsp3) is 0.435. The molecule has 162 valence electrons. The number of hydrazine groups is 1. The summed E-state index contributed by atoms with van der Waals surface area (Å²) in [7, 11) is 1.91. The summed E-state index contributed by atoms with van der Waals surface area (Å²) < 4.78 is 0. The Balaban J connectivity index is 1.26. The van der Waals surface area contributed by atoms with E-state index in [0.29, 0.717) is 12.0 Å². The summed E-state index contributed by atoms with van der Waals surface area (Å²) in [6.45, 7) is 3.11. The van der Waals surface area contributed by atoms with E-state index in [-0.39, 0.29) is 5.91 Å². The predicted molar refractivity (Wildman–Crippen MR) is 120 cm³/mol. The number of likely N-dealkylation sites (tertiary alicyclic amines) is 1. The number of carbonyl (C=O) groups excluding carboxylic acids is 1. The van der Waals surface area contributed by atoms with Crippen molar-refractivity contribution in [2.24, 2.45) is 5.73 Å². The van der Waals surface area contributed by atoms with Crippen molar-refractivity contribution in [1.82, 2.24) is 25.3 Å². The monoisotopic (exact) mass is 419 g/mol. The van der Waals surface area contributed by atoms with Crippen LogP contribution in [0.2, 0.25) is 0 Å². The summed E-state index contributed by atoms with van der Waals surface area (Å²) in [5.41, 5.74) is 14.1. The number of rotatable bonds is 5. The van der Waals surface area contributed by atoms with Gasteiger partial charge in [0.2, 0.25) is 11.9 Å². The highest BCUT2D eigenvalue weighted by molar-refractivity contribution is 5.89. The highest BCUT2D eigenvalue weighted by Gasteiger charge is 2.37. The maximum absolute atomic E-state index is 11.8. The summed E-state index contributed by atoms with van der Waals surface area (Å²) >= 11 is 0. The van der Waals surface area contributed by atoms with E-state index in [9.17, 15) is 4.79 Å². The SMILES string of the molecule is CN1NC(C(N)=O)C2=C1c1nc(NC3CCN(Cc4ccccc4)CC3)ncc1CC2. The Kier molecular flexibility index (Phi) is 5.33. The Morgan fingerprint density at radius 1 is 1.23 bits per heavy atom. The van der Waals surface area contributed by atoms with Gasteiger partial charge < -0.3 is 16.1 Å². The van der Waals surface area contributed by atoms with Gasteiger partial charge in [-0.15, -0.1) is 0 Å². The minimum absolute atomic E-state index is 0.352. The Morgan fingerprint density at radius 2 is 2.00 bits per heavy atom. The van der Waals surface area contributed by atoms with E-state index < -0.39 is 6.04 Å². The van der Waals surface area contributed by atoms with E-state index in [2.05, 4.69) is 51.0 Å². The van der Waals surface area contributed by atoms with Gasteiger partial charge in [0.15, 0.2) is 0 Å². The van der Waals surface area contributed by atoms with Gasteiger partial charge in [0.25, 0.3) is 0 Å². The van der Waals surface area contributed by atoms with Crippen LogP contribution in [0.25, 0.3) is 5.70 Å². The number of nitrogens with one attached hydrogen (secondary N) is 2. The van der Waals surface area contributed by atoms with Crippen molar-refractivity contribution < 1.29 is 4.79 Å². The molecule has 0 saturated carbocycles. The Bertz CT molecular complexity index is 998. The van der Waals surface area contributed by atoms with Crippen LogP contribution in [0.15, 0.2) is 42.1 Å². The smallest absolute Gasteiger partial charge is 0.240 e. The second-order valence-corrected chi connectivity index (χ2v) is 8.65. The lowest BCUT2D eigenvalue weighted by molar-refractivity contribution is -0.119. The average Bonchev–Trinajstić information content (AvgIpc) is 3.13. The van der Waals surface area contributed by atoms with Crippen molar-refractivity contribution in [2.75, 3.05) is 25.5 Å². The van der Waals surface area contributed by atoms with Gasteiger partial charge in [0.05, 0.1) is 11.4 Å². The van der Waals surface area contributed by atoms with Gasteiger partial charge in [-0.05, 0) is 42.4 Å². The number of hydrogen-bond acceptors (Lipinski definition) is 7. The summed E-state index contributed by atoms with van der Waals surface area (Å²) in [5.74, 6) is 0.305. The quantitative estimate of drug-likeness (QED) is 0.676. The zero-order valence-electron chi connectivity index (χ0n) is 17.8. The molecule has 1 unspecified atom stereocenters. The Hall–Kier alpha value is -2.97. The van der Waals surface area contributed by atoms with Crippen LogP contribution in [0, 0.1) is 0 Å². The first-order valence-corrected chi connectivity index (χ1v) is 11.0. The molecule has 0 radical (unpaired) electrons. The lowest BCUT2D eigenvalue weighted by atomic mass is 9.90. The maximum Gasteiger partial charge on any atom is 0.240 e. The van der Waals surface area contributed by atoms with Gasteiger partial charge in [0.1, 0.15) is 6.04 Å². The lowest BCUT2D eigenvalue weighted by Gasteiger charge is -2.32. The minimum atomic E-state index is -0.450. The number of amides is 1. The molecule has 1 aromatic heterocycles. The normalized spacial score (nSPS) is 21.7. The molecule has 0 spiro atoms. The van der Waals surface area contributed by atoms with Crippen molar-refractivity contribution in [3.8, 4) is 0 Å². The van der Waals surface area contributed by atoms with Crippen LogP contribution in [0.4, 0.5) is 5.95 Å². The zero-order valence-corrected chi connectivity index (χ0v) is 17.8. The van der Waals surface area contributed by atoms with E-state index in [1.54, 1.807) is 0 Å². The highest BCUT2D eigenvalue weighted by Crippen LogP contribution is 2.37. The summed E-state index contributed by atoms with van der Waals surface area (Å²) in [4.78, 5) is 23.8. The number of aryl methyl sites for hydroxylation is 1.